The van der Waals surface area contributed by atoms with Crippen molar-refractivity contribution in [2.75, 3.05) is 18.5 Å². The van der Waals surface area contributed by atoms with Gasteiger partial charge in [-0.1, -0.05) is 57.9 Å². The van der Waals surface area contributed by atoms with E-state index in [9.17, 15) is 9.59 Å². The van der Waals surface area contributed by atoms with E-state index in [0.717, 1.165) is 34.5 Å². The fourth-order valence-electron chi connectivity index (χ4n) is 2.47. The third kappa shape index (κ3) is 5.85. The van der Waals surface area contributed by atoms with E-state index in [-0.39, 0.29) is 6.61 Å². The lowest BCUT2D eigenvalue weighted by atomic mass is 9.97. The predicted octanol–water partition coefficient (Wildman–Crippen LogP) is 4.51. The smallest absolute Gasteiger partial charge is 0.344 e. The second kappa shape index (κ2) is 9.56. The highest BCUT2D eigenvalue weighted by molar-refractivity contribution is 9.09. The van der Waals surface area contributed by atoms with Gasteiger partial charge in [0.05, 0.1) is 12.5 Å². The lowest BCUT2D eigenvalue weighted by molar-refractivity contribution is -0.159. The lowest BCUT2D eigenvalue weighted by Gasteiger charge is -2.12. The summed E-state index contributed by atoms with van der Waals surface area (Å²) in [7, 11) is 0. The fraction of sp³-hybridized carbons (Fsp3) is 0.400. The van der Waals surface area contributed by atoms with Crippen LogP contribution in [0.5, 0.6) is 0 Å². The molecular formula is C20H23BrO4. The van der Waals surface area contributed by atoms with Crippen molar-refractivity contribution in [1.29, 1.82) is 0 Å². The number of benzene rings is 2. The van der Waals surface area contributed by atoms with Gasteiger partial charge < -0.3 is 9.47 Å². The van der Waals surface area contributed by atoms with Crippen molar-refractivity contribution < 1.29 is 19.1 Å². The van der Waals surface area contributed by atoms with Gasteiger partial charge >= 0.3 is 11.9 Å². The molecule has 1 unspecified atom stereocenters. The summed E-state index contributed by atoms with van der Waals surface area (Å²) in [4.78, 5) is 23.7. The minimum atomic E-state index is -0.510. The Labute approximate surface area is 156 Å². The predicted molar refractivity (Wildman–Crippen MR) is 102 cm³/mol. The van der Waals surface area contributed by atoms with Crippen molar-refractivity contribution in [2.24, 2.45) is 0 Å². The molecule has 0 N–H and O–H groups in total. The molecule has 0 aromatic heterocycles. The Balaban J connectivity index is 1.89. The summed E-state index contributed by atoms with van der Waals surface area (Å²) in [6.45, 7) is 3.83. The van der Waals surface area contributed by atoms with Crippen LogP contribution in [-0.4, -0.2) is 30.5 Å². The zero-order valence-corrected chi connectivity index (χ0v) is 16.2. The number of rotatable bonds is 8. The molecule has 0 heterocycles. The number of esters is 2. The number of alkyl halides is 1. The van der Waals surface area contributed by atoms with Crippen molar-refractivity contribution in [3.63, 3.8) is 0 Å². The summed E-state index contributed by atoms with van der Waals surface area (Å²) in [5, 5.41) is 3.09. The average Bonchev–Trinajstić information content (AvgIpc) is 2.62. The second-order valence-electron chi connectivity index (χ2n) is 6.06. The minimum absolute atomic E-state index is 0.343. The molecule has 0 fully saturated rings. The van der Waals surface area contributed by atoms with Crippen molar-refractivity contribution in [3.8, 4) is 0 Å². The molecule has 25 heavy (non-hydrogen) atoms. The van der Waals surface area contributed by atoms with Gasteiger partial charge in [0.15, 0.2) is 6.61 Å². The lowest BCUT2D eigenvalue weighted by Crippen LogP contribution is -2.20. The Hall–Kier alpha value is -1.88. The number of carbonyl (C=O) groups excluding carboxylic acids is 2. The molecule has 0 bridgehead atoms. The average molecular weight is 407 g/mol. The summed E-state index contributed by atoms with van der Waals surface area (Å²) in [5.74, 6) is -1.38. The fourth-order valence-corrected chi connectivity index (χ4v) is 2.86. The largest absolute Gasteiger partial charge is 0.463 e. The summed E-state index contributed by atoms with van der Waals surface area (Å²) in [6.07, 6.45) is 1.73. The highest BCUT2D eigenvalue weighted by Crippen LogP contribution is 2.23. The van der Waals surface area contributed by atoms with Gasteiger partial charge in [-0.3, -0.25) is 4.79 Å². The van der Waals surface area contributed by atoms with Crippen LogP contribution >= 0.6 is 15.9 Å². The first-order chi connectivity index (χ1) is 12.0. The van der Waals surface area contributed by atoms with Gasteiger partial charge in [-0.15, -0.1) is 0 Å². The molecule has 0 amide bonds. The molecule has 2 aromatic rings. The van der Waals surface area contributed by atoms with Crippen LogP contribution in [0.15, 0.2) is 36.4 Å². The highest BCUT2D eigenvalue weighted by Gasteiger charge is 2.18. The molecule has 0 aliphatic rings. The van der Waals surface area contributed by atoms with Crippen LogP contribution in [0.3, 0.4) is 0 Å². The van der Waals surface area contributed by atoms with Crippen LogP contribution in [0, 0.1) is 6.92 Å². The van der Waals surface area contributed by atoms with Gasteiger partial charge in [0.2, 0.25) is 0 Å². The minimum Gasteiger partial charge on any atom is -0.463 e. The molecular weight excluding hydrogens is 384 g/mol. The molecule has 5 heteroatoms. The van der Waals surface area contributed by atoms with E-state index in [2.05, 4.69) is 22.0 Å². The summed E-state index contributed by atoms with van der Waals surface area (Å²) < 4.78 is 10.1. The van der Waals surface area contributed by atoms with E-state index in [1.54, 1.807) is 6.92 Å². The van der Waals surface area contributed by atoms with Gasteiger partial charge in [0, 0.05) is 5.33 Å². The van der Waals surface area contributed by atoms with Crippen LogP contribution in [0.4, 0.5) is 0 Å². The number of aryl methyl sites for hydroxylation is 1. The third-order valence-electron chi connectivity index (χ3n) is 4.00. The van der Waals surface area contributed by atoms with Crippen molar-refractivity contribution in [1.82, 2.24) is 0 Å². The second-order valence-corrected chi connectivity index (χ2v) is 6.85. The SMILES string of the molecule is Cc1ccc2cc(C(C)C(=O)OCC(=O)OCCCCBr)ccc2c1. The van der Waals surface area contributed by atoms with Gasteiger partial charge in [-0.2, -0.15) is 0 Å². The van der Waals surface area contributed by atoms with Gasteiger partial charge in [-0.05, 0) is 43.0 Å². The van der Waals surface area contributed by atoms with Gasteiger partial charge in [0.25, 0.3) is 0 Å². The molecule has 134 valence electrons. The Morgan fingerprint density at radius 1 is 1.04 bits per heavy atom. The number of hydrogen-bond donors (Lipinski definition) is 0. The first kappa shape index (κ1) is 19.4. The van der Waals surface area contributed by atoms with E-state index in [4.69, 9.17) is 9.47 Å². The maximum Gasteiger partial charge on any atom is 0.344 e. The zero-order chi connectivity index (χ0) is 18.2. The highest BCUT2D eigenvalue weighted by atomic mass is 79.9. The molecule has 0 saturated heterocycles. The molecule has 0 radical (unpaired) electrons. The van der Waals surface area contributed by atoms with E-state index in [1.807, 2.05) is 37.3 Å². The van der Waals surface area contributed by atoms with Crippen molar-refractivity contribution in [3.05, 3.63) is 47.5 Å². The van der Waals surface area contributed by atoms with E-state index >= 15 is 0 Å². The quantitative estimate of drug-likeness (QED) is 0.367. The molecule has 0 aliphatic carbocycles. The maximum absolute atomic E-state index is 12.2. The molecule has 0 saturated carbocycles. The van der Waals surface area contributed by atoms with E-state index in [1.165, 1.54) is 5.56 Å². The number of fused-ring (bicyclic) bond motifs is 1. The van der Waals surface area contributed by atoms with Gasteiger partial charge in [0.1, 0.15) is 0 Å². The van der Waals surface area contributed by atoms with Gasteiger partial charge in [-0.25, -0.2) is 4.79 Å². The molecule has 0 spiro atoms. The first-order valence-electron chi connectivity index (χ1n) is 8.40. The van der Waals surface area contributed by atoms with Crippen LogP contribution in [0.25, 0.3) is 10.8 Å². The van der Waals surface area contributed by atoms with Crippen molar-refractivity contribution in [2.45, 2.75) is 32.6 Å². The Morgan fingerprint density at radius 2 is 1.76 bits per heavy atom. The van der Waals surface area contributed by atoms with E-state index < -0.39 is 17.9 Å². The number of hydrogen-bond acceptors (Lipinski definition) is 4. The summed E-state index contributed by atoms with van der Waals surface area (Å²) >= 11 is 3.31. The van der Waals surface area contributed by atoms with E-state index in [0.29, 0.717) is 6.61 Å². The molecule has 2 aromatic carbocycles. The van der Waals surface area contributed by atoms with Crippen LogP contribution in [0.2, 0.25) is 0 Å². The number of carbonyl (C=O) groups is 2. The normalized spacial score (nSPS) is 12.0. The first-order valence-corrected chi connectivity index (χ1v) is 9.52. The summed E-state index contributed by atoms with van der Waals surface area (Å²) in [6, 6.07) is 12.1. The topological polar surface area (TPSA) is 52.6 Å². The standard InChI is InChI=1S/C20H23BrO4/c1-14-5-6-18-12-16(7-8-17(18)11-14)15(2)20(23)25-13-19(22)24-10-4-3-9-21/h5-8,11-12,15H,3-4,9-10,13H2,1-2H3. The number of ether oxygens (including phenoxy) is 2. The van der Waals surface area contributed by atoms with Crippen molar-refractivity contribution >= 4 is 38.6 Å². The third-order valence-corrected chi connectivity index (χ3v) is 4.56. The Morgan fingerprint density at radius 3 is 2.52 bits per heavy atom. The number of halogens is 1. The number of unbranched alkanes of at least 4 members (excludes halogenated alkanes) is 1. The van der Waals surface area contributed by atoms with Crippen LogP contribution < -0.4 is 0 Å². The maximum atomic E-state index is 12.2. The summed E-state index contributed by atoms with van der Waals surface area (Å²) in [5.41, 5.74) is 2.06. The van der Waals surface area contributed by atoms with Crippen LogP contribution in [-0.2, 0) is 19.1 Å². The Kier molecular flexibility index (Phi) is 7.44. The molecule has 4 nitrogen and oxygen atoms in total. The molecule has 2 rings (SSSR count). The molecule has 0 aliphatic heterocycles. The van der Waals surface area contributed by atoms with Crippen LogP contribution in [0.1, 0.15) is 36.8 Å². The molecule has 1 atom stereocenters. The Bertz CT molecular complexity index is 742. The monoisotopic (exact) mass is 406 g/mol. The zero-order valence-electron chi connectivity index (χ0n) is 14.6.